The minimum atomic E-state index is 0.0640. The molecule has 0 aliphatic heterocycles. The van der Waals surface area contributed by atoms with Gasteiger partial charge in [-0.2, -0.15) is 0 Å². The van der Waals surface area contributed by atoms with Gasteiger partial charge in [0.25, 0.3) is 0 Å². The first-order valence-corrected chi connectivity index (χ1v) is 16.4. The maximum absolute atomic E-state index is 5.31. The number of benzene rings is 2. The van der Waals surface area contributed by atoms with Gasteiger partial charge in [-0.15, -0.1) is 23.5 Å². The summed E-state index contributed by atoms with van der Waals surface area (Å²) < 4.78 is 4.24. The molecular weight excluding hydrogens is 550 g/mol. The van der Waals surface area contributed by atoms with E-state index in [-0.39, 0.29) is 28.5 Å². The van der Waals surface area contributed by atoms with Crippen molar-refractivity contribution in [1.82, 2.24) is 0 Å². The van der Waals surface area contributed by atoms with Gasteiger partial charge in [0.15, 0.2) is 0 Å². The van der Waals surface area contributed by atoms with Crippen LogP contribution in [0.15, 0.2) is 40.4 Å². The van der Waals surface area contributed by atoms with Gasteiger partial charge in [-0.05, 0) is 27.7 Å². The summed E-state index contributed by atoms with van der Waals surface area (Å²) in [6.45, 7) is 22.4. The molecule has 0 amide bonds. The first-order chi connectivity index (χ1) is 19.1. The molecule has 2 aromatic rings. The van der Waals surface area contributed by atoms with Crippen molar-refractivity contribution in [3.8, 4) is 0 Å². The second-order valence-electron chi connectivity index (χ2n) is 15.9. The van der Waals surface area contributed by atoms with Crippen LogP contribution in [-0.2, 0) is 15.8 Å². The third kappa shape index (κ3) is 7.85. The van der Waals surface area contributed by atoms with Crippen molar-refractivity contribution in [1.29, 1.82) is 0 Å². The molecule has 4 bridgehead atoms. The van der Waals surface area contributed by atoms with Gasteiger partial charge >= 0.3 is 81.6 Å². The van der Waals surface area contributed by atoms with Crippen LogP contribution in [0.5, 0.6) is 0 Å². The van der Waals surface area contributed by atoms with Crippen molar-refractivity contribution in [3.63, 3.8) is 0 Å². The first kappa shape index (κ1) is 32.3. The first-order valence-electron chi connectivity index (χ1n) is 15.9. The van der Waals surface area contributed by atoms with Gasteiger partial charge in [0, 0.05) is 0 Å². The number of nitrogens with zero attached hydrogens (tertiary/aromatic N) is 3. The van der Waals surface area contributed by atoms with E-state index in [9.17, 15) is 0 Å². The zero-order chi connectivity index (χ0) is 30.2. The van der Waals surface area contributed by atoms with Gasteiger partial charge in [-0.25, -0.2) is 0 Å². The molecule has 4 saturated carbocycles. The Hall–Kier alpha value is -1.64. The van der Waals surface area contributed by atoms with Gasteiger partial charge in [0.1, 0.15) is 0 Å². The number of para-hydroxylation sites is 2. The molecule has 3 nitrogen and oxygen atoms in total. The fourth-order valence-electron chi connectivity index (χ4n) is 7.89. The number of hydrogen-bond acceptors (Lipinski definition) is 1. The molecule has 0 spiro atoms. The summed E-state index contributed by atoms with van der Waals surface area (Å²) in [5.74, 6) is 2.96. The Morgan fingerprint density at radius 2 is 1.00 bits per heavy atom. The average Bonchev–Trinajstić information content (AvgIpc) is 2.85. The summed E-state index contributed by atoms with van der Waals surface area (Å²) >= 11 is 5.11. The summed E-state index contributed by atoms with van der Waals surface area (Å²) in [5, 5.41) is 10.6. The molecule has 0 saturated heterocycles. The standard InChI is InChI=1S/C27H40N2.C10H15N.Cu/c1-18-13-11-14-19(2)24(18)28-22(26(5,6)7)17-23(27(8,9)10)29-25-20(3)15-12-16-21(25)4;11-10-4-7-1-8(5-10)3-9(2-7)6-10;/h11-16,22-23H,17H2,1-10H3;7-9H,1-6H2;/q-2;;. The molecule has 231 valence electrons. The van der Waals surface area contributed by atoms with Crippen molar-refractivity contribution in [2.45, 2.75) is 132 Å². The van der Waals surface area contributed by atoms with Crippen molar-refractivity contribution in [2.75, 3.05) is 0 Å². The van der Waals surface area contributed by atoms with E-state index in [4.69, 9.17) is 26.5 Å². The van der Waals surface area contributed by atoms with Gasteiger partial charge in [-0.3, -0.25) is 0 Å². The summed E-state index contributed by atoms with van der Waals surface area (Å²) in [5.41, 5.74) is 7.69. The predicted octanol–water partition coefficient (Wildman–Crippen LogP) is 11.5. The second kappa shape index (κ2) is 12.5. The minimum absolute atomic E-state index is 0.0640. The van der Waals surface area contributed by atoms with Crippen LogP contribution in [0.1, 0.15) is 109 Å². The van der Waals surface area contributed by atoms with Crippen LogP contribution in [0.3, 0.4) is 0 Å². The van der Waals surface area contributed by atoms with Crippen molar-refractivity contribution in [3.05, 3.63) is 69.3 Å². The summed E-state index contributed by atoms with van der Waals surface area (Å²) in [6.07, 6.45) is 9.35. The van der Waals surface area contributed by atoms with E-state index in [1.165, 1.54) is 60.8 Å². The molecule has 0 aromatic heterocycles. The van der Waals surface area contributed by atoms with Crippen LogP contribution in [-0.4, -0.2) is 17.6 Å². The molecule has 4 heteroatoms. The number of aryl methyl sites for hydroxylation is 4. The molecular formula is C37H55CuN3-2. The zero-order valence-corrected chi connectivity index (χ0v) is 28.4. The van der Waals surface area contributed by atoms with E-state index in [2.05, 4.69) is 110 Å². The van der Waals surface area contributed by atoms with Crippen LogP contribution in [0.4, 0.5) is 11.4 Å². The topological polar surface area (TPSA) is 40.6 Å². The van der Waals surface area contributed by atoms with E-state index in [0.29, 0.717) is 0 Å². The summed E-state index contributed by atoms with van der Waals surface area (Å²) in [6, 6.07) is 13.3. The molecule has 4 aliphatic carbocycles. The van der Waals surface area contributed by atoms with Crippen LogP contribution < -0.4 is 0 Å². The SMILES string of the molecule is Cc1cccc(C)c1[N-]C(CC([N-]c1c(C)cccc1C)C(C)(C)C)C(C)(C)C.[Cu]=[N]C12CC3CC(CC(C3)C1)C2. The monoisotopic (exact) mass is 604 g/mol. The van der Waals surface area contributed by atoms with Gasteiger partial charge in [0.2, 0.25) is 0 Å². The molecule has 6 rings (SSSR count). The molecule has 0 N–H and O–H groups in total. The van der Waals surface area contributed by atoms with E-state index in [1.807, 2.05) is 0 Å². The molecule has 2 atom stereocenters. The zero-order valence-electron chi connectivity index (χ0n) is 27.4. The molecule has 0 radical (unpaired) electrons. The Labute approximate surface area is 260 Å². The fourth-order valence-corrected chi connectivity index (χ4v) is 8.15. The van der Waals surface area contributed by atoms with Gasteiger partial charge in [-0.1, -0.05) is 117 Å². The molecule has 2 aromatic carbocycles. The van der Waals surface area contributed by atoms with E-state index in [0.717, 1.165) is 35.5 Å². The van der Waals surface area contributed by atoms with E-state index < -0.39 is 0 Å². The fraction of sp³-hybridized carbons (Fsp3) is 0.676. The Morgan fingerprint density at radius 1 is 0.683 bits per heavy atom. The molecule has 41 heavy (non-hydrogen) atoms. The number of rotatable bonds is 7. The van der Waals surface area contributed by atoms with Crippen LogP contribution in [0.2, 0.25) is 0 Å². The van der Waals surface area contributed by atoms with Crippen LogP contribution in [0, 0.1) is 56.3 Å². The maximum atomic E-state index is 5.31. The van der Waals surface area contributed by atoms with E-state index in [1.54, 1.807) is 0 Å². The second-order valence-corrected chi connectivity index (χ2v) is 16.2. The van der Waals surface area contributed by atoms with Gasteiger partial charge < -0.3 is 10.6 Å². The quantitative estimate of drug-likeness (QED) is 0.282. The molecule has 2 unspecified atom stereocenters. The van der Waals surface area contributed by atoms with Gasteiger partial charge in [0.05, 0.1) is 0 Å². The molecule has 4 aliphatic rings. The normalized spacial score (nSPS) is 26.6. The third-order valence-electron chi connectivity index (χ3n) is 10.0. The van der Waals surface area contributed by atoms with Crippen molar-refractivity contribution >= 4 is 11.4 Å². The third-order valence-corrected chi connectivity index (χ3v) is 10.5. The van der Waals surface area contributed by atoms with Crippen LogP contribution in [0.25, 0.3) is 10.6 Å². The summed E-state index contributed by atoms with van der Waals surface area (Å²) in [7, 11) is 0. The van der Waals surface area contributed by atoms with E-state index >= 15 is 0 Å². The molecule has 0 heterocycles. The Kier molecular flexibility index (Phi) is 9.87. The van der Waals surface area contributed by atoms with Crippen LogP contribution >= 0.6 is 0 Å². The van der Waals surface area contributed by atoms with Crippen molar-refractivity contribution < 1.29 is 15.8 Å². The Bertz CT molecular complexity index is 1060. The average molecular weight is 605 g/mol. The predicted molar refractivity (Wildman–Crippen MR) is 172 cm³/mol. The summed E-state index contributed by atoms with van der Waals surface area (Å²) in [4.78, 5) is 0. The number of hydrogen-bond donors (Lipinski definition) is 0. The Morgan fingerprint density at radius 3 is 1.27 bits per heavy atom. The van der Waals surface area contributed by atoms with Crippen molar-refractivity contribution in [2.24, 2.45) is 32.5 Å². The molecule has 4 fully saturated rings. The Balaban J connectivity index is 0.000000262.